The highest BCUT2D eigenvalue weighted by Crippen LogP contribution is 2.11. The third kappa shape index (κ3) is 5.34. The molecule has 0 saturated heterocycles. The molecule has 1 amide bonds. The number of ether oxygens (including phenoxy) is 1. The second-order valence-corrected chi connectivity index (χ2v) is 2.72. The van der Waals surface area contributed by atoms with Crippen LogP contribution in [0.2, 0.25) is 0 Å². The molecule has 0 aliphatic rings. The summed E-state index contributed by atoms with van der Waals surface area (Å²) in [6.07, 6.45) is 2.05. The number of carbonyl (C=O) groups is 1. The van der Waals surface area contributed by atoms with Gasteiger partial charge in [0, 0.05) is 12.5 Å². The monoisotopic (exact) mass is 224 g/mol. The molecule has 1 rings (SSSR count). The van der Waals surface area contributed by atoms with Gasteiger partial charge in [-0.3, -0.25) is 4.79 Å². The van der Waals surface area contributed by atoms with Crippen LogP contribution < -0.4 is 10.1 Å². The molecule has 0 unspecified atom stereocenters. The number of aromatic nitrogens is 1. The largest absolute Gasteiger partial charge is 0.478 e. The number of pyridine rings is 1. The Labute approximate surface area is 97.0 Å². The van der Waals surface area contributed by atoms with E-state index in [0.717, 1.165) is 0 Å². The molecule has 0 atom stereocenters. The van der Waals surface area contributed by atoms with Crippen molar-refractivity contribution in [3.8, 4) is 5.88 Å². The fourth-order valence-electron chi connectivity index (χ4n) is 0.937. The highest BCUT2D eigenvalue weighted by Gasteiger charge is 1.99. The van der Waals surface area contributed by atoms with E-state index in [1.165, 1.54) is 0 Å². The summed E-state index contributed by atoms with van der Waals surface area (Å²) in [5, 5.41) is 2.70. The molecule has 4 heteroatoms. The Hall–Kier alpha value is -1.58. The minimum atomic E-state index is -0.0176. The van der Waals surface area contributed by atoms with E-state index in [-0.39, 0.29) is 5.91 Å². The normalized spacial score (nSPS) is 8.75. The van der Waals surface area contributed by atoms with Crippen LogP contribution in [0.5, 0.6) is 5.88 Å². The zero-order valence-corrected chi connectivity index (χ0v) is 10.4. The third-order valence-corrected chi connectivity index (χ3v) is 1.63. The lowest BCUT2D eigenvalue weighted by atomic mass is 10.4. The number of nitrogens with zero attached hydrogens (tertiary/aromatic N) is 1. The molecule has 1 heterocycles. The first kappa shape index (κ1) is 14.4. The van der Waals surface area contributed by atoms with E-state index < -0.39 is 0 Å². The van der Waals surface area contributed by atoms with Gasteiger partial charge >= 0.3 is 0 Å². The number of amides is 1. The molecule has 0 spiro atoms. The highest BCUT2D eigenvalue weighted by atomic mass is 16.5. The van der Waals surface area contributed by atoms with Crippen LogP contribution in [0.3, 0.4) is 0 Å². The smallest absolute Gasteiger partial charge is 0.224 e. The van der Waals surface area contributed by atoms with E-state index >= 15 is 0 Å². The van der Waals surface area contributed by atoms with E-state index in [4.69, 9.17) is 4.74 Å². The van der Waals surface area contributed by atoms with Crippen molar-refractivity contribution < 1.29 is 9.53 Å². The number of nitrogens with one attached hydrogen (secondary N) is 1. The number of hydrogen-bond acceptors (Lipinski definition) is 3. The van der Waals surface area contributed by atoms with Crippen LogP contribution in [-0.2, 0) is 4.79 Å². The lowest BCUT2D eigenvalue weighted by Gasteiger charge is -2.04. The summed E-state index contributed by atoms with van der Waals surface area (Å²) < 4.78 is 5.17. The molecule has 0 saturated carbocycles. The second-order valence-electron chi connectivity index (χ2n) is 2.72. The molecule has 0 bridgehead atoms. The van der Waals surface area contributed by atoms with Gasteiger partial charge in [0.2, 0.25) is 11.8 Å². The summed E-state index contributed by atoms with van der Waals surface area (Å²) in [5.74, 6) is 0.554. The quantitative estimate of drug-likeness (QED) is 0.855. The maximum Gasteiger partial charge on any atom is 0.224 e. The van der Waals surface area contributed by atoms with Gasteiger partial charge in [0.1, 0.15) is 0 Å². The predicted octanol–water partition coefficient (Wildman–Crippen LogP) is 2.86. The van der Waals surface area contributed by atoms with E-state index in [9.17, 15) is 4.79 Å². The average molecular weight is 224 g/mol. The van der Waals surface area contributed by atoms with Crippen LogP contribution >= 0.6 is 0 Å². The zero-order valence-electron chi connectivity index (χ0n) is 10.4. The topological polar surface area (TPSA) is 51.2 Å². The van der Waals surface area contributed by atoms with Crippen molar-refractivity contribution >= 4 is 11.6 Å². The Kier molecular flexibility index (Phi) is 7.85. The fraction of sp³-hybridized carbons (Fsp3) is 0.500. The van der Waals surface area contributed by atoms with Gasteiger partial charge in [-0.15, -0.1) is 0 Å². The second kappa shape index (κ2) is 8.71. The minimum Gasteiger partial charge on any atom is -0.478 e. The van der Waals surface area contributed by atoms with Crippen molar-refractivity contribution in [3.63, 3.8) is 0 Å². The van der Waals surface area contributed by atoms with Gasteiger partial charge in [-0.2, -0.15) is 0 Å². The highest BCUT2D eigenvalue weighted by molar-refractivity contribution is 5.90. The average Bonchev–Trinajstić information content (AvgIpc) is 2.34. The standard InChI is InChI=1S/C10H14N2O2.C2H6/c1-3-9(13)12-8-5-6-10(11-7-8)14-4-2;1-2/h5-7H,3-4H2,1-2H3,(H,12,13);1-2H3. The van der Waals surface area contributed by atoms with Crippen LogP contribution in [0.25, 0.3) is 0 Å². The molecule has 90 valence electrons. The van der Waals surface area contributed by atoms with Crippen LogP contribution in [0.4, 0.5) is 5.69 Å². The van der Waals surface area contributed by atoms with Crippen molar-refractivity contribution in [1.29, 1.82) is 0 Å². The van der Waals surface area contributed by atoms with E-state index in [0.29, 0.717) is 24.6 Å². The Bertz CT molecular complexity index is 296. The molecule has 0 fully saturated rings. The molecule has 4 nitrogen and oxygen atoms in total. The predicted molar refractivity (Wildman–Crippen MR) is 65.7 cm³/mol. The summed E-state index contributed by atoms with van der Waals surface area (Å²) in [6.45, 7) is 8.29. The maximum absolute atomic E-state index is 11.0. The molecule has 16 heavy (non-hydrogen) atoms. The van der Waals surface area contributed by atoms with Crippen molar-refractivity contribution in [2.24, 2.45) is 0 Å². The van der Waals surface area contributed by atoms with Gasteiger partial charge in [0.25, 0.3) is 0 Å². The van der Waals surface area contributed by atoms with Gasteiger partial charge in [0.05, 0.1) is 18.5 Å². The van der Waals surface area contributed by atoms with E-state index in [1.807, 2.05) is 20.8 Å². The number of hydrogen-bond donors (Lipinski definition) is 1. The van der Waals surface area contributed by atoms with Crippen molar-refractivity contribution in [1.82, 2.24) is 4.98 Å². The molecular formula is C12H20N2O2. The number of anilines is 1. The molecule has 0 aromatic carbocycles. The van der Waals surface area contributed by atoms with Crippen LogP contribution in [0.15, 0.2) is 18.3 Å². The SMILES string of the molecule is CC.CCOc1ccc(NC(=O)CC)cn1. The summed E-state index contributed by atoms with van der Waals surface area (Å²) >= 11 is 0. The van der Waals surface area contributed by atoms with E-state index in [1.54, 1.807) is 25.3 Å². The van der Waals surface area contributed by atoms with Crippen molar-refractivity contribution in [3.05, 3.63) is 18.3 Å². The summed E-state index contributed by atoms with van der Waals surface area (Å²) in [5.41, 5.74) is 0.695. The molecular weight excluding hydrogens is 204 g/mol. The van der Waals surface area contributed by atoms with Crippen LogP contribution in [0, 0.1) is 0 Å². The lowest BCUT2D eigenvalue weighted by Crippen LogP contribution is -2.09. The van der Waals surface area contributed by atoms with Crippen LogP contribution in [0.1, 0.15) is 34.1 Å². The van der Waals surface area contributed by atoms with E-state index in [2.05, 4.69) is 10.3 Å². The minimum absolute atomic E-state index is 0.0176. The Morgan fingerprint density at radius 3 is 2.50 bits per heavy atom. The summed E-state index contributed by atoms with van der Waals surface area (Å²) in [4.78, 5) is 15.0. The zero-order chi connectivity index (χ0) is 12.4. The molecule has 1 N–H and O–H groups in total. The molecule has 1 aromatic heterocycles. The Balaban J connectivity index is 0.00000106. The first-order chi connectivity index (χ1) is 7.76. The fourth-order valence-corrected chi connectivity index (χ4v) is 0.937. The Morgan fingerprint density at radius 2 is 2.06 bits per heavy atom. The lowest BCUT2D eigenvalue weighted by molar-refractivity contribution is -0.115. The summed E-state index contributed by atoms with van der Waals surface area (Å²) in [6, 6.07) is 3.50. The molecule has 0 aliphatic carbocycles. The van der Waals surface area contributed by atoms with Crippen molar-refractivity contribution in [2.75, 3.05) is 11.9 Å². The van der Waals surface area contributed by atoms with Gasteiger partial charge in [-0.1, -0.05) is 20.8 Å². The Morgan fingerprint density at radius 1 is 1.38 bits per heavy atom. The third-order valence-electron chi connectivity index (χ3n) is 1.63. The van der Waals surface area contributed by atoms with Gasteiger partial charge < -0.3 is 10.1 Å². The van der Waals surface area contributed by atoms with Crippen molar-refractivity contribution in [2.45, 2.75) is 34.1 Å². The maximum atomic E-state index is 11.0. The number of rotatable bonds is 4. The van der Waals surface area contributed by atoms with Gasteiger partial charge in [0.15, 0.2) is 0 Å². The first-order valence-corrected chi connectivity index (χ1v) is 5.65. The van der Waals surface area contributed by atoms with Gasteiger partial charge in [-0.25, -0.2) is 4.98 Å². The molecule has 1 aromatic rings. The van der Waals surface area contributed by atoms with Gasteiger partial charge in [-0.05, 0) is 13.0 Å². The summed E-state index contributed by atoms with van der Waals surface area (Å²) in [7, 11) is 0. The molecule has 0 radical (unpaired) electrons. The van der Waals surface area contributed by atoms with Crippen LogP contribution in [-0.4, -0.2) is 17.5 Å². The first-order valence-electron chi connectivity index (χ1n) is 5.65. The number of carbonyl (C=O) groups excluding carboxylic acids is 1. The molecule has 0 aliphatic heterocycles.